The number of carbonyl (C=O) groups is 2. The SMILES string of the molecule is O=CCC(Br)(Br)C=O. The molecule has 0 aromatic rings. The highest BCUT2D eigenvalue weighted by Crippen LogP contribution is 2.25. The topological polar surface area (TPSA) is 34.1 Å². The van der Waals surface area contributed by atoms with Crippen LogP contribution in [-0.2, 0) is 9.59 Å². The third-order valence-electron chi connectivity index (χ3n) is 0.528. The van der Waals surface area contributed by atoms with Gasteiger partial charge in [0.25, 0.3) is 0 Å². The summed E-state index contributed by atoms with van der Waals surface area (Å²) < 4.78 is -0.832. The predicted molar refractivity (Wildman–Crippen MR) is 37.3 cm³/mol. The number of alkyl halides is 2. The lowest BCUT2D eigenvalue weighted by Gasteiger charge is -2.04. The highest BCUT2D eigenvalue weighted by molar-refractivity contribution is 9.25. The standard InChI is InChI=1S/C4H4Br2O2/c5-4(6,3-8)1-2-7/h2-3H,1H2. The van der Waals surface area contributed by atoms with Crippen molar-refractivity contribution in [2.24, 2.45) is 0 Å². The zero-order valence-corrected chi connectivity index (χ0v) is 7.11. The van der Waals surface area contributed by atoms with Crippen molar-refractivity contribution in [3.63, 3.8) is 0 Å². The average molecular weight is 244 g/mol. The Bertz CT molecular complexity index is 100. The van der Waals surface area contributed by atoms with Gasteiger partial charge >= 0.3 is 0 Å². The van der Waals surface area contributed by atoms with Gasteiger partial charge < -0.3 is 9.59 Å². The molecule has 0 amide bonds. The van der Waals surface area contributed by atoms with Gasteiger partial charge in [0.05, 0.1) is 0 Å². The van der Waals surface area contributed by atoms with E-state index in [1.807, 2.05) is 0 Å². The molecule has 0 saturated carbocycles. The molecule has 0 spiro atoms. The zero-order chi connectivity index (χ0) is 6.62. The molecule has 0 aliphatic heterocycles. The molecule has 0 bridgehead atoms. The fourth-order valence-electron chi connectivity index (χ4n) is 0.159. The predicted octanol–water partition coefficient (Wildman–Crippen LogP) is 1.26. The monoisotopic (exact) mass is 242 g/mol. The van der Waals surface area contributed by atoms with Crippen LogP contribution in [-0.4, -0.2) is 15.8 Å². The first-order valence-electron chi connectivity index (χ1n) is 1.90. The minimum absolute atomic E-state index is 0.149. The fourth-order valence-corrected chi connectivity index (χ4v) is 0.424. The molecule has 0 aromatic heterocycles. The van der Waals surface area contributed by atoms with Gasteiger partial charge in [-0.2, -0.15) is 0 Å². The minimum atomic E-state index is -0.832. The van der Waals surface area contributed by atoms with E-state index < -0.39 is 3.23 Å². The molecule has 0 atom stereocenters. The first-order valence-corrected chi connectivity index (χ1v) is 3.49. The van der Waals surface area contributed by atoms with Crippen molar-refractivity contribution < 1.29 is 9.59 Å². The lowest BCUT2D eigenvalue weighted by atomic mass is 10.4. The van der Waals surface area contributed by atoms with Crippen LogP contribution in [0.1, 0.15) is 6.42 Å². The summed E-state index contributed by atoms with van der Waals surface area (Å²) in [4.78, 5) is 19.7. The van der Waals surface area contributed by atoms with Crippen LogP contribution in [0.5, 0.6) is 0 Å². The maximum atomic E-state index is 9.96. The van der Waals surface area contributed by atoms with Crippen LogP contribution in [0.2, 0.25) is 0 Å². The summed E-state index contributed by atoms with van der Waals surface area (Å²) in [6.07, 6.45) is 1.44. The highest BCUT2D eigenvalue weighted by atomic mass is 79.9. The summed E-state index contributed by atoms with van der Waals surface area (Å²) in [5.41, 5.74) is 0. The molecular formula is C4H4Br2O2. The van der Waals surface area contributed by atoms with E-state index in [2.05, 4.69) is 31.9 Å². The summed E-state index contributed by atoms with van der Waals surface area (Å²) in [5.74, 6) is 0. The summed E-state index contributed by atoms with van der Waals surface area (Å²) in [6.45, 7) is 0. The molecule has 0 saturated heterocycles. The Kier molecular flexibility index (Phi) is 3.48. The zero-order valence-electron chi connectivity index (χ0n) is 3.93. The Morgan fingerprint density at radius 3 is 2.00 bits per heavy atom. The number of carbonyl (C=O) groups excluding carboxylic acids is 2. The summed E-state index contributed by atoms with van der Waals surface area (Å²) in [5, 5.41) is 0. The lowest BCUT2D eigenvalue weighted by molar-refractivity contribution is -0.112. The van der Waals surface area contributed by atoms with Crippen molar-refractivity contribution in [2.45, 2.75) is 9.65 Å². The second-order valence-corrected chi connectivity index (χ2v) is 5.14. The quantitative estimate of drug-likeness (QED) is 0.553. The summed E-state index contributed by atoms with van der Waals surface area (Å²) >= 11 is 5.92. The molecule has 2 nitrogen and oxygen atoms in total. The van der Waals surface area contributed by atoms with Crippen LogP contribution >= 0.6 is 31.9 Å². The van der Waals surface area contributed by atoms with Crippen molar-refractivity contribution >= 4 is 44.4 Å². The second-order valence-electron chi connectivity index (χ2n) is 1.25. The van der Waals surface area contributed by atoms with Crippen LogP contribution in [0.4, 0.5) is 0 Å². The van der Waals surface area contributed by atoms with Crippen molar-refractivity contribution in [2.75, 3.05) is 0 Å². The normalized spacial score (nSPS) is 10.8. The van der Waals surface area contributed by atoms with Crippen molar-refractivity contribution in [3.8, 4) is 0 Å². The van der Waals surface area contributed by atoms with Crippen LogP contribution in [0.15, 0.2) is 0 Å². The molecule has 0 N–H and O–H groups in total. The van der Waals surface area contributed by atoms with Gasteiger partial charge in [-0.15, -0.1) is 0 Å². The van der Waals surface area contributed by atoms with Gasteiger partial charge in [-0.05, 0) is 0 Å². The average Bonchev–Trinajstić information content (AvgIpc) is 1.67. The van der Waals surface area contributed by atoms with Gasteiger partial charge in [0, 0.05) is 6.42 Å². The van der Waals surface area contributed by atoms with E-state index in [1.165, 1.54) is 0 Å². The lowest BCUT2D eigenvalue weighted by Crippen LogP contribution is -2.12. The molecule has 0 unspecified atom stereocenters. The third-order valence-corrected chi connectivity index (χ3v) is 1.55. The highest BCUT2D eigenvalue weighted by Gasteiger charge is 2.19. The molecule has 0 aromatic carbocycles. The smallest absolute Gasteiger partial charge is 0.147 e. The molecule has 0 aliphatic carbocycles. The fraction of sp³-hybridized carbons (Fsp3) is 0.500. The summed E-state index contributed by atoms with van der Waals surface area (Å²) in [7, 11) is 0. The second kappa shape index (κ2) is 3.35. The third kappa shape index (κ3) is 3.32. The molecule has 0 heterocycles. The van der Waals surface area contributed by atoms with Gasteiger partial charge in [0.2, 0.25) is 0 Å². The Hall–Kier alpha value is 0.300. The van der Waals surface area contributed by atoms with Gasteiger partial charge in [-0.1, -0.05) is 31.9 Å². The molecule has 0 aliphatic rings. The van der Waals surface area contributed by atoms with E-state index in [0.717, 1.165) is 0 Å². The van der Waals surface area contributed by atoms with Gasteiger partial charge in [0.15, 0.2) is 0 Å². The minimum Gasteiger partial charge on any atom is -0.303 e. The van der Waals surface area contributed by atoms with Crippen LogP contribution in [0, 0.1) is 0 Å². The molecule has 8 heavy (non-hydrogen) atoms. The first kappa shape index (κ1) is 8.30. The van der Waals surface area contributed by atoms with Crippen LogP contribution in [0.3, 0.4) is 0 Å². The van der Waals surface area contributed by atoms with E-state index in [0.29, 0.717) is 12.6 Å². The molecule has 0 rings (SSSR count). The van der Waals surface area contributed by atoms with E-state index in [9.17, 15) is 9.59 Å². The Labute approximate surface area is 63.9 Å². The van der Waals surface area contributed by atoms with Crippen LogP contribution < -0.4 is 0 Å². The number of halogens is 2. The molecular weight excluding hydrogens is 240 g/mol. The number of hydrogen-bond acceptors (Lipinski definition) is 2. The van der Waals surface area contributed by atoms with Crippen molar-refractivity contribution in [1.82, 2.24) is 0 Å². The maximum absolute atomic E-state index is 9.96. The molecule has 46 valence electrons. The van der Waals surface area contributed by atoms with Crippen molar-refractivity contribution in [3.05, 3.63) is 0 Å². The Balaban J connectivity index is 3.70. The van der Waals surface area contributed by atoms with E-state index in [1.54, 1.807) is 0 Å². The van der Waals surface area contributed by atoms with Gasteiger partial charge in [-0.3, -0.25) is 0 Å². The molecule has 4 heteroatoms. The number of hydrogen-bond donors (Lipinski definition) is 0. The molecule has 0 radical (unpaired) electrons. The largest absolute Gasteiger partial charge is 0.303 e. The van der Waals surface area contributed by atoms with E-state index in [-0.39, 0.29) is 6.42 Å². The Morgan fingerprint density at radius 2 is 1.88 bits per heavy atom. The Morgan fingerprint density at radius 1 is 1.38 bits per heavy atom. The number of rotatable bonds is 3. The van der Waals surface area contributed by atoms with Gasteiger partial charge in [0.1, 0.15) is 15.8 Å². The van der Waals surface area contributed by atoms with Gasteiger partial charge in [-0.25, -0.2) is 0 Å². The summed E-state index contributed by atoms with van der Waals surface area (Å²) in [6, 6.07) is 0. The first-order chi connectivity index (χ1) is 3.62. The van der Waals surface area contributed by atoms with Crippen LogP contribution in [0.25, 0.3) is 0 Å². The number of aldehydes is 2. The van der Waals surface area contributed by atoms with Crippen molar-refractivity contribution in [1.29, 1.82) is 0 Å². The molecule has 0 fully saturated rings. The van der Waals surface area contributed by atoms with E-state index >= 15 is 0 Å². The van der Waals surface area contributed by atoms with E-state index in [4.69, 9.17) is 0 Å². The maximum Gasteiger partial charge on any atom is 0.147 e.